The van der Waals surface area contributed by atoms with E-state index in [4.69, 9.17) is 5.73 Å². The van der Waals surface area contributed by atoms with Crippen molar-refractivity contribution in [1.82, 2.24) is 10.2 Å². The van der Waals surface area contributed by atoms with Crippen LogP contribution in [0.4, 0.5) is 0 Å². The first-order valence-corrected chi connectivity index (χ1v) is 4.35. The zero-order chi connectivity index (χ0) is 8.27. The average molecular weight is 157 g/mol. The predicted molar refractivity (Wildman–Crippen MR) is 47.6 cm³/mol. The van der Waals surface area contributed by atoms with Crippen LogP contribution in [-0.4, -0.2) is 44.2 Å². The van der Waals surface area contributed by atoms with Crippen LogP contribution in [-0.2, 0) is 0 Å². The minimum absolute atomic E-state index is 0.512. The molecule has 66 valence electrons. The van der Waals surface area contributed by atoms with Gasteiger partial charge in [-0.05, 0) is 33.5 Å². The number of nitrogens with zero attached hydrogens (tertiary/aromatic N) is 1. The van der Waals surface area contributed by atoms with Crippen molar-refractivity contribution in [3.05, 3.63) is 0 Å². The molecule has 0 bridgehead atoms. The van der Waals surface area contributed by atoms with Crippen molar-refractivity contribution in [2.75, 3.05) is 27.2 Å². The molecule has 1 fully saturated rings. The van der Waals surface area contributed by atoms with Gasteiger partial charge in [-0.3, -0.25) is 0 Å². The number of hydrogen-bond donors (Lipinski definition) is 2. The highest BCUT2D eigenvalue weighted by atomic mass is 15.2. The van der Waals surface area contributed by atoms with Crippen LogP contribution in [0.3, 0.4) is 0 Å². The Labute approximate surface area is 68.9 Å². The highest BCUT2D eigenvalue weighted by Gasteiger charge is 2.24. The summed E-state index contributed by atoms with van der Waals surface area (Å²) in [6.07, 6.45) is 2.58. The summed E-state index contributed by atoms with van der Waals surface area (Å²) in [5.41, 5.74) is 5.67. The molecule has 1 aliphatic heterocycles. The minimum atomic E-state index is 0.512. The largest absolute Gasteiger partial charge is 0.329 e. The van der Waals surface area contributed by atoms with Crippen molar-refractivity contribution in [3.8, 4) is 0 Å². The maximum Gasteiger partial charge on any atom is 0.0365 e. The molecule has 3 heteroatoms. The van der Waals surface area contributed by atoms with Crippen molar-refractivity contribution in [2.24, 2.45) is 5.73 Å². The molecule has 0 spiro atoms. The number of rotatable bonds is 3. The highest BCUT2D eigenvalue weighted by Crippen LogP contribution is 2.11. The van der Waals surface area contributed by atoms with Crippen molar-refractivity contribution >= 4 is 0 Å². The summed E-state index contributed by atoms with van der Waals surface area (Å²) in [6.45, 7) is 1.92. The van der Waals surface area contributed by atoms with Crippen molar-refractivity contribution < 1.29 is 0 Å². The third-order valence-corrected chi connectivity index (χ3v) is 2.47. The molecule has 0 amide bonds. The highest BCUT2D eigenvalue weighted by molar-refractivity contribution is 4.86. The van der Waals surface area contributed by atoms with E-state index in [0.717, 1.165) is 13.1 Å². The van der Waals surface area contributed by atoms with Gasteiger partial charge in [0.15, 0.2) is 0 Å². The lowest BCUT2D eigenvalue weighted by molar-refractivity contribution is 0.246. The van der Waals surface area contributed by atoms with E-state index in [1.54, 1.807) is 0 Å². The Kier molecular flexibility index (Phi) is 3.30. The van der Waals surface area contributed by atoms with Crippen LogP contribution >= 0.6 is 0 Å². The molecule has 1 aliphatic rings. The molecule has 0 aromatic carbocycles. The SMILES string of the molecule is CN(C)C(CN)C1CCCN1. The Bertz CT molecular complexity index is 108. The summed E-state index contributed by atoms with van der Waals surface area (Å²) < 4.78 is 0. The van der Waals surface area contributed by atoms with Crippen LogP contribution in [0, 0.1) is 0 Å². The molecule has 0 radical (unpaired) electrons. The summed E-state index contributed by atoms with van der Waals surface area (Å²) in [7, 11) is 4.19. The molecule has 0 aromatic rings. The molecule has 0 aromatic heterocycles. The zero-order valence-corrected chi connectivity index (χ0v) is 7.51. The Morgan fingerprint density at radius 1 is 1.64 bits per heavy atom. The number of hydrogen-bond acceptors (Lipinski definition) is 3. The lowest BCUT2D eigenvalue weighted by Gasteiger charge is -2.28. The van der Waals surface area contributed by atoms with Gasteiger partial charge in [-0.25, -0.2) is 0 Å². The van der Waals surface area contributed by atoms with E-state index in [1.807, 2.05) is 0 Å². The van der Waals surface area contributed by atoms with Gasteiger partial charge in [-0.15, -0.1) is 0 Å². The average Bonchev–Trinajstić information content (AvgIpc) is 2.40. The standard InChI is InChI=1S/C8H19N3/c1-11(2)8(6-9)7-4-3-5-10-7/h7-8,10H,3-6,9H2,1-2H3. The Balaban J connectivity index is 2.40. The number of nitrogens with one attached hydrogen (secondary N) is 1. The molecule has 1 heterocycles. The first-order chi connectivity index (χ1) is 5.25. The first kappa shape index (κ1) is 8.97. The fourth-order valence-electron chi connectivity index (χ4n) is 1.77. The van der Waals surface area contributed by atoms with Gasteiger partial charge >= 0.3 is 0 Å². The number of nitrogens with two attached hydrogens (primary N) is 1. The van der Waals surface area contributed by atoms with Gasteiger partial charge in [-0.2, -0.15) is 0 Å². The smallest absolute Gasteiger partial charge is 0.0365 e. The molecule has 2 atom stereocenters. The zero-order valence-electron chi connectivity index (χ0n) is 7.51. The molecule has 1 rings (SSSR count). The van der Waals surface area contributed by atoms with Crippen LogP contribution in [0.2, 0.25) is 0 Å². The van der Waals surface area contributed by atoms with E-state index >= 15 is 0 Å². The van der Waals surface area contributed by atoms with E-state index < -0.39 is 0 Å². The van der Waals surface area contributed by atoms with E-state index in [2.05, 4.69) is 24.3 Å². The van der Waals surface area contributed by atoms with Crippen molar-refractivity contribution in [3.63, 3.8) is 0 Å². The van der Waals surface area contributed by atoms with E-state index in [0.29, 0.717) is 12.1 Å². The molecule has 0 aliphatic carbocycles. The van der Waals surface area contributed by atoms with Crippen LogP contribution in [0.1, 0.15) is 12.8 Å². The predicted octanol–water partition coefficient (Wildman–Crippen LogP) is -0.373. The van der Waals surface area contributed by atoms with Crippen molar-refractivity contribution in [1.29, 1.82) is 0 Å². The van der Waals surface area contributed by atoms with E-state index in [9.17, 15) is 0 Å². The van der Waals surface area contributed by atoms with Gasteiger partial charge in [0.05, 0.1) is 0 Å². The Morgan fingerprint density at radius 3 is 2.73 bits per heavy atom. The third kappa shape index (κ3) is 2.15. The van der Waals surface area contributed by atoms with Gasteiger partial charge < -0.3 is 16.0 Å². The second-order valence-corrected chi connectivity index (χ2v) is 3.47. The normalized spacial score (nSPS) is 27.8. The quantitative estimate of drug-likeness (QED) is 0.587. The van der Waals surface area contributed by atoms with Crippen LogP contribution in [0.5, 0.6) is 0 Å². The van der Waals surface area contributed by atoms with Crippen molar-refractivity contribution in [2.45, 2.75) is 24.9 Å². The maximum absolute atomic E-state index is 5.67. The molecule has 3 N–H and O–H groups in total. The Morgan fingerprint density at radius 2 is 2.36 bits per heavy atom. The van der Waals surface area contributed by atoms with Crippen LogP contribution < -0.4 is 11.1 Å². The minimum Gasteiger partial charge on any atom is -0.329 e. The van der Waals surface area contributed by atoms with Crippen LogP contribution in [0.25, 0.3) is 0 Å². The molecule has 0 saturated carbocycles. The van der Waals surface area contributed by atoms with Gasteiger partial charge in [0, 0.05) is 18.6 Å². The molecule has 11 heavy (non-hydrogen) atoms. The molecule has 1 saturated heterocycles. The summed E-state index contributed by atoms with van der Waals surface area (Å²) in [5.74, 6) is 0. The summed E-state index contributed by atoms with van der Waals surface area (Å²) in [6, 6.07) is 1.13. The van der Waals surface area contributed by atoms with Gasteiger partial charge in [0.25, 0.3) is 0 Å². The number of likely N-dealkylation sites (N-methyl/N-ethyl adjacent to an activating group) is 1. The Hall–Kier alpha value is -0.120. The second kappa shape index (κ2) is 4.04. The summed E-state index contributed by atoms with van der Waals surface area (Å²) >= 11 is 0. The van der Waals surface area contributed by atoms with E-state index in [-0.39, 0.29) is 0 Å². The van der Waals surface area contributed by atoms with E-state index in [1.165, 1.54) is 12.8 Å². The molecule has 2 unspecified atom stereocenters. The monoisotopic (exact) mass is 157 g/mol. The van der Waals surface area contributed by atoms with Gasteiger partial charge in [0.2, 0.25) is 0 Å². The first-order valence-electron chi connectivity index (χ1n) is 4.35. The van der Waals surface area contributed by atoms with Crippen LogP contribution in [0.15, 0.2) is 0 Å². The molecular formula is C8H19N3. The third-order valence-electron chi connectivity index (χ3n) is 2.47. The lowest BCUT2D eigenvalue weighted by atomic mass is 10.1. The fourth-order valence-corrected chi connectivity index (χ4v) is 1.77. The van der Waals surface area contributed by atoms with Gasteiger partial charge in [-0.1, -0.05) is 0 Å². The summed E-state index contributed by atoms with van der Waals surface area (Å²) in [4.78, 5) is 2.21. The summed E-state index contributed by atoms with van der Waals surface area (Å²) in [5, 5.41) is 3.47. The fraction of sp³-hybridized carbons (Fsp3) is 1.00. The molecular weight excluding hydrogens is 138 g/mol. The molecule has 3 nitrogen and oxygen atoms in total. The lowest BCUT2D eigenvalue weighted by Crippen LogP contribution is -2.48. The second-order valence-electron chi connectivity index (χ2n) is 3.47. The topological polar surface area (TPSA) is 41.3 Å². The maximum atomic E-state index is 5.67. The van der Waals surface area contributed by atoms with Gasteiger partial charge in [0.1, 0.15) is 0 Å².